The number of nitrogens with one attached hydrogen (secondary N) is 1. The van der Waals surface area contributed by atoms with Gasteiger partial charge in [0.1, 0.15) is 18.2 Å². The second-order valence-corrected chi connectivity index (χ2v) is 6.94. The van der Waals surface area contributed by atoms with Crippen molar-refractivity contribution >= 4 is 35.3 Å². The van der Waals surface area contributed by atoms with Gasteiger partial charge in [0, 0.05) is 15.6 Å². The first-order chi connectivity index (χ1) is 14.5. The van der Waals surface area contributed by atoms with Crippen molar-refractivity contribution in [1.82, 2.24) is 5.43 Å². The van der Waals surface area contributed by atoms with E-state index in [1.807, 2.05) is 0 Å². The van der Waals surface area contributed by atoms with E-state index in [0.717, 1.165) is 11.6 Å². The highest BCUT2D eigenvalue weighted by atomic mass is 35.5. The van der Waals surface area contributed by atoms with E-state index in [9.17, 15) is 9.18 Å². The average Bonchev–Trinajstić information content (AvgIpc) is 2.74. The first-order valence-electron chi connectivity index (χ1n) is 8.66. The molecule has 0 aliphatic rings. The van der Waals surface area contributed by atoms with Crippen molar-refractivity contribution in [2.75, 3.05) is 0 Å². The molecule has 150 valence electrons. The van der Waals surface area contributed by atoms with Gasteiger partial charge in [-0.2, -0.15) is 10.4 Å². The van der Waals surface area contributed by atoms with Gasteiger partial charge < -0.3 is 4.74 Å². The van der Waals surface area contributed by atoms with Gasteiger partial charge in [0.05, 0.1) is 23.4 Å². The maximum atomic E-state index is 13.8. The van der Waals surface area contributed by atoms with E-state index in [0.29, 0.717) is 21.4 Å². The Morgan fingerprint density at radius 1 is 1.13 bits per heavy atom. The van der Waals surface area contributed by atoms with E-state index in [4.69, 9.17) is 33.2 Å². The molecule has 0 saturated carbocycles. The zero-order chi connectivity index (χ0) is 21.5. The predicted molar refractivity (Wildman–Crippen MR) is 113 cm³/mol. The van der Waals surface area contributed by atoms with E-state index in [2.05, 4.69) is 10.5 Å². The fourth-order valence-corrected chi connectivity index (χ4v) is 2.91. The van der Waals surface area contributed by atoms with Crippen LogP contribution in [0.2, 0.25) is 10.0 Å². The van der Waals surface area contributed by atoms with Gasteiger partial charge in [-0.15, -0.1) is 0 Å². The van der Waals surface area contributed by atoms with Gasteiger partial charge in [0.2, 0.25) is 0 Å². The van der Waals surface area contributed by atoms with E-state index in [1.54, 1.807) is 48.5 Å². The van der Waals surface area contributed by atoms with Crippen molar-refractivity contribution in [3.8, 4) is 11.8 Å². The molecule has 0 atom stereocenters. The third kappa shape index (κ3) is 5.57. The summed E-state index contributed by atoms with van der Waals surface area (Å²) in [6.45, 7) is 0.287. The molecule has 1 N–H and O–H groups in total. The lowest BCUT2D eigenvalue weighted by Crippen LogP contribution is -2.19. The van der Waals surface area contributed by atoms with Crippen LogP contribution in [0.1, 0.15) is 27.0 Å². The Hall–Kier alpha value is -3.40. The molecule has 0 aliphatic carbocycles. The standard InChI is InChI=1S/C22H14Cl2FN3O2/c23-17-5-4-16(20(24)10-17)13-30-18-6-1-14(2-7-18)12-27-28-22(29)19-8-3-15(11-26)9-21(19)25/h1-10,12H,13H2,(H,28,29)/b27-12-. The summed E-state index contributed by atoms with van der Waals surface area (Å²) in [5, 5.41) is 13.6. The van der Waals surface area contributed by atoms with Crippen molar-refractivity contribution in [2.24, 2.45) is 5.10 Å². The Balaban J connectivity index is 1.55. The molecule has 3 rings (SSSR count). The molecule has 0 fully saturated rings. The fourth-order valence-electron chi connectivity index (χ4n) is 2.44. The first-order valence-corrected chi connectivity index (χ1v) is 9.41. The number of ether oxygens (including phenoxy) is 1. The number of nitrogens with zero attached hydrogens (tertiary/aromatic N) is 2. The molecule has 8 heteroatoms. The van der Waals surface area contributed by atoms with E-state index >= 15 is 0 Å². The maximum absolute atomic E-state index is 13.8. The molecular formula is C22H14Cl2FN3O2. The van der Waals surface area contributed by atoms with Crippen LogP contribution in [0.5, 0.6) is 5.75 Å². The molecule has 0 aliphatic heterocycles. The second kappa shape index (κ2) is 9.88. The van der Waals surface area contributed by atoms with Gasteiger partial charge in [-0.1, -0.05) is 29.3 Å². The molecule has 0 aromatic heterocycles. The topological polar surface area (TPSA) is 74.5 Å². The molecular weight excluding hydrogens is 428 g/mol. The summed E-state index contributed by atoms with van der Waals surface area (Å²) in [4.78, 5) is 12.0. The molecule has 0 bridgehead atoms. The number of benzene rings is 3. The van der Waals surface area contributed by atoms with Crippen molar-refractivity contribution < 1.29 is 13.9 Å². The van der Waals surface area contributed by atoms with Gasteiger partial charge in [0.15, 0.2) is 0 Å². The van der Waals surface area contributed by atoms with Gasteiger partial charge in [-0.25, -0.2) is 9.82 Å². The second-order valence-electron chi connectivity index (χ2n) is 6.10. The van der Waals surface area contributed by atoms with E-state index in [-0.39, 0.29) is 17.7 Å². The van der Waals surface area contributed by atoms with Crippen LogP contribution < -0.4 is 10.2 Å². The monoisotopic (exact) mass is 441 g/mol. The summed E-state index contributed by atoms with van der Waals surface area (Å²) >= 11 is 12.0. The lowest BCUT2D eigenvalue weighted by molar-refractivity contribution is 0.0951. The van der Waals surface area contributed by atoms with Crippen molar-refractivity contribution in [2.45, 2.75) is 6.61 Å². The number of hydrazone groups is 1. The van der Waals surface area contributed by atoms with Crippen LogP contribution in [-0.2, 0) is 6.61 Å². The minimum Gasteiger partial charge on any atom is -0.489 e. The maximum Gasteiger partial charge on any atom is 0.274 e. The predicted octanol–water partition coefficient (Wildman–Crippen LogP) is 5.35. The SMILES string of the molecule is N#Cc1ccc(C(=O)N/N=C\c2ccc(OCc3ccc(Cl)cc3Cl)cc2)c(F)c1. The summed E-state index contributed by atoms with van der Waals surface area (Å²) in [6.07, 6.45) is 1.42. The van der Waals surface area contributed by atoms with E-state index in [1.165, 1.54) is 18.3 Å². The van der Waals surface area contributed by atoms with Crippen LogP contribution in [0.25, 0.3) is 0 Å². The molecule has 0 radical (unpaired) electrons. The van der Waals surface area contributed by atoms with Crippen LogP contribution in [0, 0.1) is 17.1 Å². The number of carbonyl (C=O) groups excluding carboxylic acids is 1. The zero-order valence-electron chi connectivity index (χ0n) is 15.4. The van der Waals surface area contributed by atoms with Crippen LogP contribution in [0.4, 0.5) is 4.39 Å². The molecule has 1 amide bonds. The number of nitriles is 1. The lowest BCUT2D eigenvalue weighted by atomic mass is 10.1. The first kappa shape index (κ1) is 21.3. The van der Waals surface area contributed by atoms with Gasteiger partial charge in [-0.05, 0) is 60.2 Å². The Bertz CT molecular complexity index is 1140. The Morgan fingerprint density at radius 2 is 1.90 bits per heavy atom. The minimum atomic E-state index is -0.788. The lowest BCUT2D eigenvalue weighted by Gasteiger charge is -2.08. The van der Waals surface area contributed by atoms with Gasteiger partial charge in [-0.3, -0.25) is 4.79 Å². The Labute approximate surface area is 182 Å². The summed E-state index contributed by atoms with van der Waals surface area (Å²) in [5.74, 6) is -0.876. The van der Waals surface area contributed by atoms with Gasteiger partial charge in [0.25, 0.3) is 5.91 Å². The smallest absolute Gasteiger partial charge is 0.274 e. The molecule has 0 heterocycles. The molecule has 5 nitrogen and oxygen atoms in total. The van der Waals surface area contributed by atoms with Crippen LogP contribution in [0.3, 0.4) is 0 Å². The van der Waals surface area contributed by atoms with Crippen LogP contribution in [0.15, 0.2) is 65.8 Å². The summed E-state index contributed by atoms with van der Waals surface area (Å²) in [5.41, 5.74) is 3.69. The third-order valence-electron chi connectivity index (χ3n) is 4.01. The third-order valence-corrected chi connectivity index (χ3v) is 4.60. The number of halogens is 3. The quantitative estimate of drug-likeness (QED) is 0.413. The molecule has 30 heavy (non-hydrogen) atoms. The number of amides is 1. The Morgan fingerprint density at radius 3 is 2.57 bits per heavy atom. The summed E-state index contributed by atoms with van der Waals surface area (Å²) < 4.78 is 19.5. The highest BCUT2D eigenvalue weighted by Crippen LogP contribution is 2.22. The normalized spacial score (nSPS) is 10.6. The van der Waals surface area contributed by atoms with Gasteiger partial charge >= 0.3 is 0 Å². The Kier molecular flexibility index (Phi) is 7.02. The largest absolute Gasteiger partial charge is 0.489 e. The van der Waals surface area contributed by atoms with Crippen molar-refractivity contribution in [3.63, 3.8) is 0 Å². The van der Waals surface area contributed by atoms with Crippen LogP contribution >= 0.6 is 23.2 Å². The molecule has 0 saturated heterocycles. The highest BCUT2D eigenvalue weighted by molar-refractivity contribution is 6.35. The minimum absolute atomic E-state index is 0.133. The fraction of sp³-hybridized carbons (Fsp3) is 0.0455. The summed E-state index contributed by atoms with van der Waals surface area (Å²) in [7, 11) is 0. The number of hydrogen-bond acceptors (Lipinski definition) is 4. The highest BCUT2D eigenvalue weighted by Gasteiger charge is 2.11. The number of carbonyl (C=O) groups is 1. The number of rotatable bonds is 6. The number of hydrogen-bond donors (Lipinski definition) is 1. The average molecular weight is 442 g/mol. The van der Waals surface area contributed by atoms with Crippen molar-refractivity contribution in [3.05, 3.63) is 98.8 Å². The molecule has 3 aromatic carbocycles. The summed E-state index contributed by atoms with van der Waals surface area (Å²) in [6, 6.07) is 17.6. The van der Waals surface area contributed by atoms with Crippen LogP contribution in [-0.4, -0.2) is 12.1 Å². The molecule has 0 unspecified atom stereocenters. The zero-order valence-corrected chi connectivity index (χ0v) is 16.9. The van der Waals surface area contributed by atoms with Crippen molar-refractivity contribution in [1.29, 1.82) is 5.26 Å². The molecule has 0 spiro atoms. The van der Waals surface area contributed by atoms with E-state index < -0.39 is 11.7 Å². The molecule has 3 aromatic rings.